The molecule has 3 N–H and O–H groups in total. The fraction of sp³-hybridized carbons (Fsp3) is 0.250. The molecule has 0 bridgehead atoms. The number of hydrogen-bond acceptors (Lipinski definition) is 3. The van der Waals surface area contributed by atoms with E-state index < -0.39 is 26.6 Å². The number of halogens is 3. The summed E-state index contributed by atoms with van der Waals surface area (Å²) < 4.78 is 50.7. The van der Waals surface area contributed by atoms with Gasteiger partial charge in [-0.1, -0.05) is 6.07 Å². The van der Waals surface area contributed by atoms with E-state index in [1.165, 1.54) is 0 Å². The van der Waals surface area contributed by atoms with E-state index in [0.29, 0.717) is 0 Å². The van der Waals surface area contributed by atoms with Crippen LogP contribution in [0, 0.1) is 11.6 Å². The van der Waals surface area contributed by atoms with Crippen molar-refractivity contribution in [1.82, 2.24) is 4.72 Å². The van der Waals surface area contributed by atoms with Gasteiger partial charge >= 0.3 is 0 Å². The van der Waals surface area contributed by atoms with E-state index >= 15 is 0 Å². The molecule has 1 aromatic carbocycles. The summed E-state index contributed by atoms with van der Waals surface area (Å²) in [6.07, 6.45) is 0. The molecule has 1 rings (SSSR count). The van der Waals surface area contributed by atoms with Gasteiger partial charge in [-0.15, -0.1) is 12.4 Å². The number of nitrogens with two attached hydrogens (primary N) is 1. The molecule has 0 heterocycles. The predicted octanol–water partition coefficient (Wildman–Crippen LogP) is 0.624. The van der Waals surface area contributed by atoms with Crippen LogP contribution >= 0.6 is 12.4 Å². The normalized spacial score (nSPS) is 10.9. The summed E-state index contributed by atoms with van der Waals surface area (Å²) in [6.45, 7) is 0.0501. The molecule has 0 aromatic heterocycles. The van der Waals surface area contributed by atoms with Gasteiger partial charge in [-0.2, -0.15) is 0 Å². The molecule has 92 valence electrons. The molecule has 0 atom stereocenters. The van der Waals surface area contributed by atoms with Gasteiger partial charge < -0.3 is 5.73 Å². The van der Waals surface area contributed by atoms with E-state index in [1.54, 1.807) is 0 Å². The third-order valence-corrected chi connectivity index (χ3v) is 3.12. The van der Waals surface area contributed by atoms with Crippen LogP contribution in [0.2, 0.25) is 0 Å². The second kappa shape index (κ2) is 6.09. The molecule has 0 unspecified atom stereocenters. The van der Waals surface area contributed by atoms with Crippen LogP contribution in [0.15, 0.2) is 23.1 Å². The van der Waals surface area contributed by atoms with Crippen LogP contribution < -0.4 is 10.5 Å². The lowest BCUT2D eigenvalue weighted by atomic mass is 10.3. The molecule has 0 aliphatic heterocycles. The van der Waals surface area contributed by atoms with Crippen LogP contribution in [-0.4, -0.2) is 21.5 Å². The number of nitrogens with one attached hydrogen (secondary N) is 1. The molecule has 0 aliphatic rings. The maximum atomic E-state index is 13.1. The van der Waals surface area contributed by atoms with E-state index in [2.05, 4.69) is 0 Å². The lowest BCUT2D eigenvalue weighted by Crippen LogP contribution is -2.29. The van der Waals surface area contributed by atoms with Gasteiger partial charge in [0.25, 0.3) is 0 Å². The summed E-state index contributed by atoms with van der Waals surface area (Å²) in [5, 5.41) is 0. The fourth-order valence-electron chi connectivity index (χ4n) is 0.963. The minimum atomic E-state index is -4.02. The van der Waals surface area contributed by atoms with E-state index in [1.807, 2.05) is 4.72 Å². The van der Waals surface area contributed by atoms with E-state index in [9.17, 15) is 17.2 Å². The minimum absolute atomic E-state index is 0. The van der Waals surface area contributed by atoms with Crippen molar-refractivity contribution in [2.75, 3.05) is 13.1 Å². The molecule has 0 aliphatic carbocycles. The zero-order valence-corrected chi connectivity index (χ0v) is 9.75. The summed E-state index contributed by atoms with van der Waals surface area (Å²) in [5.41, 5.74) is 5.09. The van der Waals surface area contributed by atoms with Gasteiger partial charge in [-0.25, -0.2) is 21.9 Å². The topological polar surface area (TPSA) is 72.2 Å². The zero-order valence-electron chi connectivity index (χ0n) is 8.11. The Kier molecular flexibility index (Phi) is 5.80. The van der Waals surface area contributed by atoms with E-state index in [0.717, 1.165) is 18.2 Å². The molecule has 4 nitrogen and oxygen atoms in total. The van der Waals surface area contributed by atoms with Crippen molar-refractivity contribution in [3.63, 3.8) is 0 Å². The first kappa shape index (κ1) is 15.2. The molecular formula is C8H11ClF2N2O2S. The minimum Gasteiger partial charge on any atom is -0.329 e. The highest BCUT2D eigenvalue weighted by Crippen LogP contribution is 2.16. The van der Waals surface area contributed by atoms with Gasteiger partial charge in [0.2, 0.25) is 10.0 Å². The van der Waals surface area contributed by atoms with Crippen LogP contribution in [0.1, 0.15) is 0 Å². The van der Waals surface area contributed by atoms with Crippen molar-refractivity contribution in [2.24, 2.45) is 5.73 Å². The molecule has 0 fully saturated rings. The summed E-state index contributed by atoms with van der Waals surface area (Å²) in [6, 6.07) is 2.95. The monoisotopic (exact) mass is 272 g/mol. The first-order valence-corrected chi connectivity index (χ1v) is 5.61. The van der Waals surface area contributed by atoms with Gasteiger partial charge in [0, 0.05) is 13.1 Å². The predicted molar refractivity (Wildman–Crippen MR) is 57.8 cm³/mol. The molecule has 0 radical (unpaired) electrons. The molecule has 0 amide bonds. The highest BCUT2D eigenvalue weighted by Gasteiger charge is 2.20. The molecule has 0 spiro atoms. The first-order valence-electron chi connectivity index (χ1n) is 4.13. The molecule has 16 heavy (non-hydrogen) atoms. The van der Waals surface area contributed by atoms with Crippen molar-refractivity contribution >= 4 is 22.4 Å². The van der Waals surface area contributed by atoms with Crippen LogP contribution in [0.5, 0.6) is 0 Å². The Hall–Kier alpha value is -0.760. The van der Waals surface area contributed by atoms with E-state index in [-0.39, 0.29) is 25.5 Å². The van der Waals surface area contributed by atoms with Crippen LogP contribution in [0.3, 0.4) is 0 Å². The van der Waals surface area contributed by atoms with Crippen molar-refractivity contribution in [2.45, 2.75) is 4.90 Å². The standard InChI is InChI=1S/C8H10F2N2O2S.ClH/c9-6-2-1-3-7(8(6)10)15(13,14)12-5-4-11;/h1-3,12H,4-5,11H2;1H. The van der Waals surface area contributed by atoms with Gasteiger partial charge in [-0.05, 0) is 12.1 Å². The maximum Gasteiger partial charge on any atom is 0.243 e. The van der Waals surface area contributed by atoms with E-state index in [4.69, 9.17) is 5.73 Å². The smallest absolute Gasteiger partial charge is 0.243 e. The third kappa shape index (κ3) is 3.38. The fourth-order valence-corrected chi connectivity index (χ4v) is 2.10. The zero-order chi connectivity index (χ0) is 11.5. The number of sulfonamides is 1. The Morgan fingerprint density at radius 2 is 1.94 bits per heavy atom. The summed E-state index contributed by atoms with van der Waals surface area (Å²) in [4.78, 5) is -0.712. The Balaban J connectivity index is 0.00000225. The molecule has 0 saturated heterocycles. The quantitative estimate of drug-likeness (QED) is 0.844. The summed E-state index contributed by atoms with van der Waals surface area (Å²) in [5.74, 6) is -2.59. The number of rotatable bonds is 4. The second-order valence-electron chi connectivity index (χ2n) is 2.74. The lowest BCUT2D eigenvalue weighted by molar-refractivity contribution is 0.483. The third-order valence-electron chi connectivity index (χ3n) is 1.64. The van der Waals surface area contributed by atoms with Crippen LogP contribution in [-0.2, 0) is 10.0 Å². The van der Waals surface area contributed by atoms with Crippen molar-refractivity contribution < 1.29 is 17.2 Å². The van der Waals surface area contributed by atoms with Gasteiger partial charge in [0.05, 0.1) is 0 Å². The summed E-state index contributed by atoms with van der Waals surface area (Å²) in [7, 11) is -4.02. The maximum absolute atomic E-state index is 13.1. The highest BCUT2D eigenvalue weighted by molar-refractivity contribution is 7.89. The Morgan fingerprint density at radius 3 is 2.50 bits per heavy atom. The molecule has 0 saturated carbocycles. The molecule has 8 heteroatoms. The summed E-state index contributed by atoms with van der Waals surface area (Å²) >= 11 is 0. The number of hydrogen-bond donors (Lipinski definition) is 2. The largest absolute Gasteiger partial charge is 0.329 e. The van der Waals surface area contributed by atoms with Crippen LogP contribution in [0.25, 0.3) is 0 Å². The highest BCUT2D eigenvalue weighted by atomic mass is 35.5. The van der Waals surface area contributed by atoms with Crippen LogP contribution in [0.4, 0.5) is 8.78 Å². The lowest BCUT2D eigenvalue weighted by Gasteiger charge is -2.06. The SMILES string of the molecule is Cl.NCCNS(=O)(=O)c1cccc(F)c1F. The average molecular weight is 273 g/mol. The van der Waals surface area contributed by atoms with Crippen molar-refractivity contribution in [1.29, 1.82) is 0 Å². The average Bonchev–Trinajstić information content (AvgIpc) is 2.19. The molecular weight excluding hydrogens is 262 g/mol. The number of benzene rings is 1. The van der Waals surface area contributed by atoms with Gasteiger partial charge in [0.15, 0.2) is 11.6 Å². The molecule has 1 aromatic rings. The second-order valence-corrected chi connectivity index (χ2v) is 4.47. The Bertz CT molecular complexity index is 453. The Morgan fingerprint density at radius 1 is 1.31 bits per heavy atom. The van der Waals surface area contributed by atoms with Crippen molar-refractivity contribution in [3.8, 4) is 0 Å². The first-order chi connectivity index (χ1) is 6.99. The van der Waals surface area contributed by atoms with Gasteiger partial charge in [0.1, 0.15) is 4.90 Å². The van der Waals surface area contributed by atoms with Crippen molar-refractivity contribution in [3.05, 3.63) is 29.8 Å². The Labute approximate surface area is 98.3 Å². The van der Waals surface area contributed by atoms with Gasteiger partial charge in [-0.3, -0.25) is 0 Å².